The maximum Gasteiger partial charge on any atom is 0.0435 e. The van der Waals surface area contributed by atoms with Crippen LogP contribution in [0.1, 0.15) is 39.7 Å². The number of benzene rings is 1. The molecule has 0 radical (unpaired) electrons. The average Bonchev–Trinajstić information content (AvgIpc) is 2.15. The zero-order chi connectivity index (χ0) is 10.7. The minimum atomic E-state index is 0.840. The van der Waals surface area contributed by atoms with Crippen LogP contribution in [-0.2, 0) is 0 Å². The first-order chi connectivity index (χ1) is 6.22. The van der Waals surface area contributed by atoms with E-state index in [0.29, 0.717) is 0 Å². The van der Waals surface area contributed by atoms with E-state index in [1.54, 1.807) is 0 Å². The van der Waals surface area contributed by atoms with Crippen LogP contribution in [0.15, 0.2) is 24.3 Å². The maximum absolute atomic E-state index is 5.71. The van der Waals surface area contributed by atoms with Crippen molar-refractivity contribution in [2.75, 3.05) is 0 Å². The summed E-state index contributed by atoms with van der Waals surface area (Å²) in [6.45, 7) is 10.2. The highest BCUT2D eigenvalue weighted by Gasteiger charge is 1.86. The SMILES string of the molecule is CC.CCC.Cc1ccccc1Cl. The van der Waals surface area contributed by atoms with Crippen LogP contribution in [-0.4, -0.2) is 0 Å². The summed E-state index contributed by atoms with van der Waals surface area (Å²) in [6.07, 6.45) is 1.25. The highest BCUT2D eigenvalue weighted by molar-refractivity contribution is 6.31. The maximum atomic E-state index is 5.71. The second kappa shape index (κ2) is 11.5. The van der Waals surface area contributed by atoms with E-state index in [1.807, 2.05) is 45.0 Å². The minimum Gasteiger partial charge on any atom is -0.0841 e. The van der Waals surface area contributed by atoms with E-state index in [1.165, 1.54) is 6.42 Å². The van der Waals surface area contributed by atoms with Crippen LogP contribution in [0.25, 0.3) is 0 Å². The molecule has 0 spiro atoms. The summed E-state index contributed by atoms with van der Waals surface area (Å²) in [6, 6.07) is 7.77. The Morgan fingerprint density at radius 2 is 1.46 bits per heavy atom. The van der Waals surface area contributed by atoms with Crippen LogP contribution < -0.4 is 0 Å². The van der Waals surface area contributed by atoms with Gasteiger partial charge in [-0.3, -0.25) is 0 Å². The summed E-state index contributed by atoms with van der Waals surface area (Å²) in [5.41, 5.74) is 1.13. The van der Waals surface area contributed by atoms with Crippen LogP contribution in [0.3, 0.4) is 0 Å². The van der Waals surface area contributed by atoms with Gasteiger partial charge in [0.2, 0.25) is 0 Å². The van der Waals surface area contributed by atoms with Gasteiger partial charge in [-0.25, -0.2) is 0 Å². The van der Waals surface area contributed by atoms with Crippen molar-refractivity contribution >= 4 is 11.6 Å². The largest absolute Gasteiger partial charge is 0.0841 e. The van der Waals surface area contributed by atoms with Crippen LogP contribution in [0.4, 0.5) is 0 Å². The van der Waals surface area contributed by atoms with E-state index in [2.05, 4.69) is 13.8 Å². The molecule has 1 aromatic rings. The molecule has 0 aliphatic heterocycles. The molecule has 0 aromatic heterocycles. The molecule has 0 saturated carbocycles. The Morgan fingerprint density at radius 3 is 1.69 bits per heavy atom. The van der Waals surface area contributed by atoms with Crippen LogP contribution in [0.2, 0.25) is 5.02 Å². The van der Waals surface area contributed by atoms with Gasteiger partial charge in [-0.1, -0.05) is 63.9 Å². The molecule has 1 aromatic carbocycles. The smallest absolute Gasteiger partial charge is 0.0435 e. The molecular weight excluding hydrogens is 180 g/mol. The summed E-state index contributed by atoms with van der Waals surface area (Å²) in [4.78, 5) is 0. The quantitative estimate of drug-likeness (QED) is 0.547. The molecule has 0 nitrogen and oxygen atoms in total. The molecule has 0 heterocycles. The summed E-state index contributed by atoms with van der Waals surface area (Å²) in [5, 5.41) is 0.840. The topological polar surface area (TPSA) is 0 Å². The molecule has 1 heteroatoms. The van der Waals surface area contributed by atoms with Gasteiger partial charge in [0, 0.05) is 5.02 Å². The Labute approximate surface area is 87.9 Å². The molecule has 76 valence electrons. The normalized spacial score (nSPS) is 7.54. The van der Waals surface area contributed by atoms with Gasteiger partial charge in [-0.15, -0.1) is 0 Å². The second-order valence-corrected chi connectivity index (χ2v) is 2.86. The van der Waals surface area contributed by atoms with Crippen molar-refractivity contribution in [3.63, 3.8) is 0 Å². The third-order valence-electron chi connectivity index (χ3n) is 1.08. The predicted molar refractivity (Wildman–Crippen MR) is 63.5 cm³/mol. The second-order valence-electron chi connectivity index (χ2n) is 2.46. The lowest BCUT2D eigenvalue weighted by Crippen LogP contribution is -1.68. The molecule has 0 atom stereocenters. The lowest BCUT2D eigenvalue weighted by atomic mass is 10.2. The molecule has 0 aliphatic carbocycles. The number of rotatable bonds is 0. The monoisotopic (exact) mass is 200 g/mol. The molecule has 0 N–H and O–H groups in total. The highest BCUT2D eigenvalue weighted by atomic mass is 35.5. The Bertz CT molecular complexity index is 173. The Morgan fingerprint density at radius 1 is 1.08 bits per heavy atom. The lowest BCUT2D eigenvalue weighted by Gasteiger charge is -1.90. The predicted octanol–water partition coefficient (Wildman–Crippen LogP) is 5.09. The van der Waals surface area contributed by atoms with Gasteiger partial charge >= 0.3 is 0 Å². The lowest BCUT2D eigenvalue weighted by molar-refractivity contribution is 1.09. The van der Waals surface area contributed by atoms with E-state index in [9.17, 15) is 0 Å². The third-order valence-corrected chi connectivity index (χ3v) is 1.50. The zero-order valence-electron chi connectivity index (χ0n) is 9.39. The molecule has 0 aliphatic rings. The van der Waals surface area contributed by atoms with E-state index < -0.39 is 0 Å². The first-order valence-electron chi connectivity index (χ1n) is 4.93. The average molecular weight is 201 g/mol. The van der Waals surface area contributed by atoms with Gasteiger partial charge in [-0.2, -0.15) is 0 Å². The minimum absolute atomic E-state index is 0.840. The number of hydrogen-bond donors (Lipinski definition) is 0. The molecule has 0 saturated heterocycles. The standard InChI is InChI=1S/C7H7Cl.C3H8.C2H6/c1-6-4-2-3-5-7(6)8;1-3-2;1-2/h2-5H,1H3;3H2,1-2H3;1-2H3. The summed E-state index contributed by atoms with van der Waals surface area (Å²) >= 11 is 5.71. The van der Waals surface area contributed by atoms with Crippen molar-refractivity contribution in [3.8, 4) is 0 Å². The van der Waals surface area contributed by atoms with Gasteiger partial charge in [0.05, 0.1) is 0 Å². The zero-order valence-corrected chi connectivity index (χ0v) is 10.2. The van der Waals surface area contributed by atoms with Gasteiger partial charge in [-0.05, 0) is 18.6 Å². The van der Waals surface area contributed by atoms with Crippen molar-refractivity contribution in [1.82, 2.24) is 0 Å². The molecule has 1 rings (SSSR count). The van der Waals surface area contributed by atoms with Gasteiger partial charge in [0.25, 0.3) is 0 Å². The first kappa shape index (κ1) is 15.0. The summed E-state index contributed by atoms with van der Waals surface area (Å²) < 4.78 is 0. The van der Waals surface area contributed by atoms with E-state index in [0.717, 1.165) is 10.6 Å². The fourth-order valence-electron chi connectivity index (χ4n) is 0.551. The van der Waals surface area contributed by atoms with Gasteiger partial charge < -0.3 is 0 Å². The van der Waals surface area contributed by atoms with E-state index in [-0.39, 0.29) is 0 Å². The fourth-order valence-corrected chi connectivity index (χ4v) is 0.687. The highest BCUT2D eigenvalue weighted by Crippen LogP contribution is 2.11. The fraction of sp³-hybridized carbons (Fsp3) is 0.500. The Kier molecular flexibility index (Phi) is 13.3. The van der Waals surface area contributed by atoms with Crippen LogP contribution in [0.5, 0.6) is 0 Å². The molecule has 0 unspecified atom stereocenters. The summed E-state index contributed by atoms with van der Waals surface area (Å²) in [7, 11) is 0. The molecule has 0 fully saturated rings. The molecule has 0 amide bonds. The van der Waals surface area contributed by atoms with Crippen molar-refractivity contribution < 1.29 is 0 Å². The summed E-state index contributed by atoms with van der Waals surface area (Å²) in [5.74, 6) is 0. The van der Waals surface area contributed by atoms with Gasteiger partial charge in [0.1, 0.15) is 0 Å². The number of aryl methyl sites for hydroxylation is 1. The number of halogens is 1. The Balaban J connectivity index is 0. The Hall–Kier alpha value is -0.490. The third kappa shape index (κ3) is 9.42. The van der Waals surface area contributed by atoms with Crippen molar-refractivity contribution in [2.45, 2.75) is 41.0 Å². The van der Waals surface area contributed by atoms with Gasteiger partial charge in [0.15, 0.2) is 0 Å². The van der Waals surface area contributed by atoms with Crippen LogP contribution >= 0.6 is 11.6 Å². The van der Waals surface area contributed by atoms with Crippen molar-refractivity contribution in [1.29, 1.82) is 0 Å². The molecular formula is C12H21Cl. The number of hydrogen-bond acceptors (Lipinski definition) is 0. The van der Waals surface area contributed by atoms with E-state index >= 15 is 0 Å². The molecule has 0 bridgehead atoms. The van der Waals surface area contributed by atoms with Crippen molar-refractivity contribution in [2.24, 2.45) is 0 Å². The molecule has 13 heavy (non-hydrogen) atoms. The van der Waals surface area contributed by atoms with Crippen molar-refractivity contribution in [3.05, 3.63) is 34.9 Å². The van der Waals surface area contributed by atoms with E-state index in [4.69, 9.17) is 11.6 Å². The first-order valence-corrected chi connectivity index (χ1v) is 5.31. The van der Waals surface area contributed by atoms with Crippen LogP contribution in [0, 0.1) is 6.92 Å².